The summed E-state index contributed by atoms with van der Waals surface area (Å²) >= 11 is 0. The van der Waals surface area contributed by atoms with Gasteiger partial charge in [0.25, 0.3) is 0 Å². The summed E-state index contributed by atoms with van der Waals surface area (Å²) in [5, 5.41) is 14.0. The second kappa shape index (κ2) is 7.90. The molecule has 0 aromatic heterocycles. The van der Waals surface area contributed by atoms with Gasteiger partial charge in [-0.25, -0.2) is 4.79 Å². The molecule has 0 aliphatic heterocycles. The Balaban J connectivity index is 2.23. The summed E-state index contributed by atoms with van der Waals surface area (Å²) in [4.78, 5) is 11.5. The maximum Gasteiger partial charge on any atom is 0.319 e. The minimum atomic E-state index is -0.302. The second-order valence-electron chi connectivity index (χ2n) is 4.08. The van der Waals surface area contributed by atoms with E-state index in [1.165, 1.54) is 0 Å². The molecule has 2 amide bonds. The van der Waals surface area contributed by atoms with E-state index >= 15 is 0 Å². The van der Waals surface area contributed by atoms with Crippen molar-refractivity contribution in [1.29, 1.82) is 5.26 Å². The minimum Gasteiger partial charge on any atom is -0.375 e. The van der Waals surface area contributed by atoms with E-state index in [1.54, 1.807) is 24.3 Å². The molecule has 0 fully saturated rings. The Bertz CT molecular complexity index is 474. The zero-order valence-electron chi connectivity index (χ0n) is 10.9. The Labute approximate surface area is 112 Å². The third kappa shape index (κ3) is 6.24. The predicted octanol–water partition coefficient (Wildman–Crippen LogP) is 2.27. The number of carbonyl (C=O) groups is 1. The molecule has 1 aromatic carbocycles. The number of hydrogen-bond acceptors (Lipinski definition) is 3. The van der Waals surface area contributed by atoms with Crippen molar-refractivity contribution in [3.8, 4) is 6.07 Å². The number of benzene rings is 1. The average molecular weight is 259 g/mol. The molecule has 0 radical (unpaired) electrons. The SMILES string of the molecule is C=C(C)COCCNC(=O)Nc1ccc(C#N)cc1. The van der Waals surface area contributed by atoms with Crippen LogP contribution in [0.4, 0.5) is 10.5 Å². The topological polar surface area (TPSA) is 74.2 Å². The summed E-state index contributed by atoms with van der Waals surface area (Å²) in [6.07, 6.45) is 0. The summed E-state index contributed by atoms with van der Waals surface area (Å²) in [6.45, 7) is 6.95. The van der Waals surface area contributed by atoms with Gasteiger partial charge in [-0.3, -0.25) is 0 Å². The standard InChI is InChI=1S/C14H17N3O2/c1-11(2)10-19-8-7-16-14(18)17-13-5-3-12(9-15)4-6-13/h3-6H,1,7-8,10H2,2H3,(H2,16,17,18). The molecule has 0 aliphatic carbocycles. The number of ether oxygens (including phenoxy) is 1. The van der Waals surface area contributed by atoms with E-state index in [2.05, 4.69) is 17.2 Å². The molecule has 5 heteroatoms. The molecule has 0 unspecified atom stereocenters. The molecule has 0 bridgehead atoms. The highest BCUT2D eigenvalue weighted by molar-refractivity contribution is 5.89. The van der Waals surface area contributed by atoms with Crippen molar-refractivity contribution in [2.45, 2.75) is 6.92 Å². The van der Waals surface area contributed by atoms with Gasteiger partial charge in [-0.1, -0.05) is 12.2 Å². The Morgan fingerprint density at radius 3 is 2.68 bits per heavy atom. The number of hydrogen-bond donors (Lipinski definition) is 2. The summed E-state index contributed by atoms with van der Waals surface area (Å²) in [7, 11) is 0. The van der Waals surface area contributed by atoms with Crippen LogP contribution in [0.1, 0.15) is 12.5 Å². The van der Waals surface area contributed by atoms with Gasteiger partial charge in [0.2, 0.25) is 0 Å². The van der Waals surface area contributed by atoms with Crippen molar-refractivity contribution in [2.24, 2.45) is 0 Å². The lowest BCUT2D eigenvalue weighted by Crippen LogP contribution is -2.31. The fourth-order valence-electron chi connectivity index (χ4n) is 1.29. The molecule has 0 saturated heterocycles. The minimum absolute atomic E-state index is 0.302. The summed E-state index contributed by atoms with van der Waals surface area (Å²) in [6, 6.07) is 8.35. The van der Waals surface area contributed by atoms with E-state index < -0.39 is 0 Å². The molecule has 5 nitrogen and oxygen atoms in total. The Kier molecular flexibility index (Phi) is 6.13. The molecule has 2 N–H and O–H groups in total. The van der Waals surface area contributed by atoms with Crippen LogP contribution in [0.2, 0.25) is 0 Å². The van der Waals surface area contributed by atoms with Crippen LogP contribution in [0.15, 0.2) is 36.4 Å². The van der Waals surface area contributed by atoms with Gasteiger partial charge in [0, 0.05) is 12.2 Å². The van der Waals surface area contributed by atoms with Crippen LogP contribution in [0, 0.1) is 11.3 Å². The highest BCUT2D eigenvalue weighted by atomic mass is 16.5. The third-order valence-electron chi connectivity index (χ3n) is 2.15. The Morgan fingerprint density at radius 1 is 1.42 bits per heavy atom. The molecule has 0 spiro atoms. The normalized spacial score (nSPS) is 9.47. The highest BCUT2D eigenvalue weighted by Gasteiger charge is 2.00. The maximum absolute atomic E-state index is 11.5. The van der Waals surface area contributed by atoms with Crippen LogP contribution in [0.3, 0.4) is 0 Å². The summed E-state index contributed by atoms with van der Waals surface area (Å²) < 4.78 is 5.25. The van der Waals surface area contributed by atoms with Crippen molar-refractivity contribution in [2.75, 3.05) is 25.1 Å². The number of amides is 2. The van der Waals surface area contributed by atoms with Crippen LogP contribution in [-0.2, 0) is 4.74 Å². The lowest BCUT2D eigenvalue weighted by Gasteiger charge is -2.08. The molecule has 1 rings (SSSR count). The fraction of sp³-hybridized carbons (Fsp3) is 0.286. The van der Waals surface area contributed by atoms with Crippen LogP contribution in [0.25, 0.3) is 0 Å². The van der Waals surface area contributed by atoms with Gasteiger partial charge in [-0.2, -0.15) is 5.26 Å². The highest BCUT2D eigenvalue weighted by Crippen LogP contribution is 2.08. The molecular formula is C14H17N3O2. The van der Waals surface area contributed by atoms with Gasteiger partial charge in [-0.15, -0.1) is 0 Å². The Morgan fingerprint density at radius 2 is 2.11 bits per heavy atom. The molecule has 100 valence electrons. The second-order valence-corrected chi connectivity index (χ2v) is 4.08. The first-order valence-electron chi connectivity index (χ1n) is 5.89. The van der Waals surface area contributed by atoms with Crippen LogP contribution >= 0.6 is 0 Å². The van der Waals surface area contributed by atoms with Gasteiger partial charge in [-0.05, 0) is 31.2 Å². The monoisotopic (exact) mass is 259 g/mol. The smallest absolute Gasteiger partial charge is 0.319 e. The van der Waals surface area contributed by atoms with Gasteiger partial charge < -0.3 is 15.4 Å². The number of anilines is 1. The lowest BCUT2D eigenvalue weighted by molar-refractivity contribution is 0.159. The van der Waals surface area contributed by atoms with Gasteiger partial charge in [0.15, 0.2) is 0 Å². The number of nitriles is 1. The lowest BCUT2D eigenvalue weighted by atomic mass is 10.2. The van der Waals surface area contributed by atoms with Crippen molar-refractivity contribution >= 4 is 11.7 Å². The number of rotatable bonds is 6. The van der Waals surface area contributed by atoms with E-state index in [0.717, 1.165) is 5.57 Å². The first kappa shape index (κ1) is 14.7. The number of urea groups is 1. The molecule has 0 saturated carbocycles. The van der Waals surface area contributed by atoms with Crippen molar-refractivity contribution in [3.63, 3.8) is 0 Å². The first-order valence-corrected chi connectivity index (χ1v) is 5.89. The zero-order chi connectivity index (χ0) is 14.1. The fourth-order valence-corrected chi connectivity index (χ4v) is 1.29. The van der Waals surface area contributed by atoms with Gasteiger partial charge in [0.1, 0.15) is 0 Å². The first-order chi connectivity index (χ1) is 9.11. The zero-order valence-corrected chi connectivity index (χ0v) is 10.9. The van der Waals surface area contributed by atoms with Crippen LogP contribution in [0.5, 0.6) is 0 Å². The average Bonchev–Trinajstić information content (AvgIpc) is 2.39. The van der Waals surface area contributed by atoms with Gasteiger partial charge >= 0.3 is 6.03 Å². The number of carbonyl (C=O) groups excluding carboxylic acids is 1. The van der Waals surface area contributed by atoms with E-state index in [9.17, 15) is 4.79 Å². The predicted molar refractivity (Wildman–Crippen MR) is 73.8 cm³/mol. The van der Waals surface area contributed by atoms with E-state index in [-0.39, 0.29) is 6.03 Å². The molecule has 0 aliphatic rings. The van der Waals surface area contributed by atoms with Crippen molar-refractivity contribution in [1.82, 2.24) is 5.32 Å². The van der Waals surface area contributed by atoms with Crippen LogP contribution < -0.4 is 10.6 Å². The van der Waals surface area contributed by atoms with E-state index in [1.807, 2.05) is 13.0 Å². The van der Waals surface area contributed by atoms with Crippen molar-refractivity contribution < 1.29 is 9.53 Å². The largest absolute Gasteiger partial charge is 0.375 e. The summed E-state index contributed by atoms with van der Waals surface area (Å²) in [5.41, 5.74) is 2.14. The van der Waals surface area contributed by atoms with Crippen LogP contribution in [-0.4, -0.2) is 25.8 Å². The molecule has 0 heterocycles. The number of nitrogens with one attached hydrogen (secondary N) is 2. The molecule has 19 heavy (non-hydrogen) atoms. The van der Waals surface area contributed by atoms with Gasteiger partial charge in [0.05, 0.1) is 24.8 Å². The molecule has 0 atom stereocenters. The van der Waals surface area contributed by atoms with E-state index in [0.29, 0.717) is 31.0 Å². The maximum atomic E-state index is 11.5. The third-order valence-corrected chi connectivity index (χ3v) is 2.15. The Hall–Kier alpha value is -2.32. The quantitative estimate of drug-likeness (QED) is 0.608. The van der Waals surface area contributed by atoms with Crippen molar-refractivity contribution in [3.05, 3.63) is 42.0 Å². The van der Waals surface area contributed by atoms with E-state index in [4.69, 9.17) is 10.00 Å². The molecule has 1 aromatic rings. The molecular weight excluding hydrogens is 242 g/mol. The summed E-state index contributed by atoms with van der Waals surface area (Å²) in [5.74, 6) is 0. The number of nitrogens with zero attached hydrogens (tertiary/aromatic N) is 1.